The third-order valence-corrected chi connectivity index (χ3v) is 6.10. The minimum absolute atomic E-state index is 0.253. The summed E-state index contributed by atoms with van der Waals surface area (Å²) in [6, 6.07) is 4.54. The number of hydrogen-bond acceptors (Lipinski definition) is 6. The lowest BCUT2D eigenvalue weighted by Gasteiger charge is -2.32. The van der Waals surface area contributed by atoms with Crippen LogP contribution >= 0.6 is 11.3 Å². The monoisotopic (exact) mass is 374 g/mol. The average Bonchev–Trinajstić information content (AvgIpc) is 3.12. The highest BCUT2D eigenvalue weighted by molar-refractivity contribution is 7.13. The van der Waals surface area contributed by atoms with Gasteiger partial charge in [-0.1, -0.05) is 11.2 Å². The summed E-state index contributed by atoms with van der Waals surface area (Å²) in [5.41, 5.74) is 0. The maximum absolute atomic E-state index is 12.4. The maximum atomic E-state index is 12.4. The third-order valence-electron chi connectivity index (χ3n) is 5.23. The quantitative estimate of drug-likeness (QED) is 0.769. The van der Waals surface area contributed by atoms with Crippen LogP contribution in [0.1, 0.15) is 44.4 Å². The van der Waals surface area contributed by atoms with Crippen molar-refractivity contribution in [1.29, 1.82) is 0 Å². The number of likely N-dealkylation sites (tertiary alicyclic amines) is 1. The number of amides is 1. The van der Waals surface area contributed by atoms with E-state index >= 15 is 0 Å². The molecule has 7 heteroatoms. The summed E-state index contributed by atoms with van der Waals surface area (Å²) >= 11 is 1.59. The summed E-state index contributed by atoms with van der Waals surface area (Å²) in [4.78, 5) is 19.8. The molecule has 0 atom stereocenters. The molecule has 3 heterocycles. The molecule has 0 unspecified atom stereocenters. The predicted molar refractivity (Wildman–Crippen MR) is 101 cm³/mol. The Labute approximate surface area is 158 Å². The number of rotatable bonds is 8. The standard InChI is InChI=1S/C19H26N4O2S/c24-18(23-10-8-15(9-11-23)20-13-14-6-7-14)5-1-4-17-21-19(22-25-17)16-3-2-12-26-16/h2-3,12,14-15,20H,1,4-11,13H2. The molecule has 2 aromatic rings. The molecule has 26 heavy (non-hydrogen) atoms. The Bertz CT molecular complexity index is 703. The fourth-order valence-corrected chi connectivity index (χ4v) is 4.05. The molecule has 2 aliphatic rings. The van der Waals surface area contributed by atoms with Gasteiger partial charge >= 0.3 is 0 Å². The van der Waals surface area contributed by atoms with Crippen LogP contribution in [-0.4, -0.2) is 46.6 Å². The van der Waals surface area contributed by atoms with Gasteiger partial charge in [0.05, 0.1) is 4.88 Å². The second-order valence-corrected chi connectivity index (χ2v) is 8.30. The summed E-state index contributed by atoms with van der Waals surface area (Å²) in [6.07, 6.45) is 6.89. The Morgan fingerprint density at radius 2 is 2.15 bits per heavy atom. The average molecular weight is 375 g/mol. The van der Waals surface area contributed by atoms with Crippen molar-refractivity contribution in [3.8, 4) is 10.7 Å². The highest BCUT2D eigenvalue weighted by atomic mass is 32.1. The number of nitrogens with one attached hydrogen (secondary N) is 1. The molecular weight excluding hydrogens is 348 g/mol. The molecular formula is C19H26N4O2S. The third kappa shape index (κ3) is 4.71. The summed E-state index contributed by atoms with van der Waals surface area (Å²) in [5.74, 6) is 2.43. The molecule has 1 saturated heterocycles. The zero-order chi connectivity index (χ0) is 17.8. The summed E-state index contributed by atoms with van der Waals surface area (Å²) < 4.78 is 5.29. The van der Waals surface area contributed by atoms with Crippen LogP contribution in [0, 0.1) is 5.92 Å². The first-order valence-electron chi connectivity index (χ1n) is 9.65. The summed E-state index contributed by atoms with van der Waals surface area (Å²) in [6.45, 7) is 2.92. The lowest BCUT2D eigenvalue weighted by Crippen LogP contribution is -2.45. The summed E-state index contributed by atoms with van der Waals surface area (Å²) in [7, 11) is 0. The van der Waals surface area contributed by atoms with Crippen molar-refractivity contribution >= 4 is 17.2 Å². The number of carbonyl (C=O) groups excluding carboxylic acids is 1. The second kappa shape index (κ2) is 8.31. The lowest BCUT2D eigenvalue weighted by molar-refractivity contribution is -0.132. The Kier molecular flexibility index (Phi) is 5.65. The topological polar surface area (TPSA) is 71.3 Å². The largest absolute Gasteiger partial charge is 0.343 e. The van der Waals surface area contributed by atoms with E-state index in [0.29, 0.717) is 30.6 Å². The van der Waals surface area contributed by atoms with E-state index in [1.807, 2.05) is 22.4 Å². The van der Waals surface area contributed by atoms with Crippen LogP contribution in [-0.2, 0) is 11.2 Å². The molecule has 1 N–H and O–H groups in total. The van der Waals surface area contributed by atoms with Gasteiger partial charge < -0.3 is 14.7 Å². The molecule has 6 nitrogen and oxygen atoms in total. The van der Waals surface area contributed by atoms with Gasteiger partial charge in [0.2, 0.25) is 17.6 Å². The fourth-order valence-electron chi connectivity index (χ4n) is 3.40. The Hall–Kier alpha value is -1.73. The van der Waals surface area contributed by atoms with Gasteiger partial charge in [-0.15, -0.1) is 11.3 Å². The van der Waals surface area contributed by atoms with Gasteiger partial charge in [-0.3, -0.25) is 4.79 Å². The lowest BCUT2D eigenvalue weighted by atomic mass is 10.0. The van der Waals surface area contributed by atoms with Crippen molar-refractivity contribution < 1.29 is 9.32 Å². The Morgan fingerprint density at radius 1 is 1.31 bits per heavy atom. The molecule has 2 fully saturated rings. The zero-order valence-corrected chi connectivity index (χ0v) is 15.8. The van der Waals surface area contributed by atoms with E-state index in [-0.39, 0.29) is 5.91 Å². The first kappa shape index (κ1) is 17.7. The van der Waals surface area contributed by atoms with Crippen LogP contribution in [0.5, 0.6) is 0 Å². The number of piperidine rings is 1. The number of aryl methyl sites for hydroxylation is 1. The van der Waals surface area contributed by atoms with Gasteiger partial charge in [-0.25, -0.2) is 0 Å². The van der Waals surface area contributed by atoms with E-state index in [0.717, 1.165) is 49.7 Å². The molecule has 1 aliphatic heterocycles. The Morgan fingerprint density at radius 3 is 2.88 bits per heavy atom. The molecule has 0 spiro atoms. The van der Waals surface area contributed by atoms with E-state index < -0.39 is 0 Å². The van der Waals surface area contributed by atoms with Gasteiger partial charge in [-0.05, 0) is 56.0 Å². The molecule has 1 saturated carbocycles. The predicted octanol–water partition coefficient (Wildman–Crippen LogP) is 3.11. The van der Waals surface area contributed by atoms with Crippen LogP contribution in [0.2, 0.25) is 0 Å². The summed E-state index contributed by atoms with van der Waals surface area (Å²) in [5, 5.41) is 9.66. The van der Waals surface area contributed by atoms with E-state index in [1.165, 1.54) is 12.8 Å². The maximum Gasteiger partial charge on any atom is 0.226 e. The molecule has 0 aromatic carbocycles. The van der Waals surface area contributed by atoms with Gasteiger partial charge in [0.25, 0.3) is 0 Å². The first-order valence-corrected chi connectivity index (χ1v) is 10.5. The molecule has 4 rings (SSSR count). The van der Waals surface area contributed by atoms with Gasteiger partial charge in [0.15, 0.2) is 0 Å². The smallest absolute Gasteiger partial charge is 0.226 e. The van der Waals surface area contributed by atoms with Crippen LogP contribution < -0.4 is 5.32 Å². The van der Waals surface area contributed by atoms with E-state index in [2.05, 4.69) is 15.5 Å². The number of nitrogens with zero attached hydrogens (tertiary/aromatic N) is 3. The molecule has 0 radical (unpaired) electrons. The van der Waals surface area contributed by atoms with Crippen molar-refractivity contribution in [2.24, 2.45) is 5.92 Å². The van der Waals surface area contributed by atoms with E-state index in [4.69, 9.17) is 4.52 Å². The van der Waals surface area contributed by atoms with Crippen molar-refractivity contribution in [2.75, 3.05) is 19.6 Å². The SMILES string of the molecule is O=C(CCCc1nc(-c2cccs2)no1)N1CCC(NCC2CC2)CC1. The van der Waals surface area contributed by atoms with Crippen molar-refractivity contribution in [3.05, 3.63) is 23.4 Å². The minimum Gasteiger partial charge on any atom is -0.343 e. The van der Waals surface area contributed by atoms with Crippen molar-refractivity contribution in [2.45, 2.75) is 51.0 Å². The van der Waals surface area contributed by atoms with Crippen LogP contribution in [0.25, 0.3) is 10.7 Å². The number of thiophene rings is 1. The highest BCUT2D eigenvalue weighted by Crippen LogP contribution is 2.28. The van der Waals surface area contributed by atoms with Gasteiger partial charge in [0, 0.05) is 32.0 Å². The van der Waals surface area contributed by atoms with Gasteiger partial charge in [0.1, 0.15) is 0 Å². The highest BCUT2D eigenvalue weighted by Gasteiger charge is 2.25. The van der Waals surface area contributed by atoms with Gasteiger partial charge in [-0.2, -0.15) is 4.98 Å². The first-order chi connectivity index (χ1) is 12.8. The number of aromatic nitrogens is 2. The normalized spacial score (nSPS) is 18.4. The van der Waals surface area contributed by atoms with Crippen LogP contribution in [0.3, 0.4) is 0 Å². The molecule has 1 aliphatic carbocycles. The molecule has 0 bridgehead atoms. The van der Waals surface area contributed by atoms with E-state index in [1.54, 1.807) is 11.3 Å². The van der Waals surface area contributed by atoms with Crippen molar-refractivity contribution in [1.82, 2.24) is 20.4 Å². The fraction of sp³-hybridized carbons (Fsp3) is 0.632. The Balaban J connectivity index is 1.15. The van der Waals surface area contributed by atoms with Crippen LogP contribution in [0.15, 0.2) is 22.0 Å². The zero-order valence-electron chi connectivity index (χ0n) is 15.0. The minimum atomic E-state index is 0.253. The number of carbonyl (C=O) groups is 1. The second-order valence-electron chi connectivity index (χ2n) is 7.35. The number of hydrogen-bond donors (Lipinski definition) is 1. The molecule has 1 amide bonds. The molecule has 140 valence electrons. The molecule has 2 aromatic heterocycles. The van der Waals surface area contributed by atoms with Crippen molar-refractivity contribution in [3.63, 3.8) is 0 Å². The van der Waals surface area contributed by atoms with E-state index in [9.17, 15) is 4.79 Å². The van der Waals surface area contributed by atoms with Crippen LogP contribution in [0.4, 0.5) is 0 Å².